The molecule has 4 nitrogen and oxygen atoms in total. The van der Waals surface area contributed by atoms with E-state index >= 15 is 0 Å². The lowest BCUT2D eigenvalue weighted by atomic mass is 9.78. The Hall–Kier alpha value is -1.27. The zero-order chi connectivity index (χ0) is 19.1. The summed E-state index contributed by atoms with van der Waals surface area (Å²) in [7, 11) is 0. The van der Waals surface area contributed by atoms with E-state index in [-0.39, 0.29) is 19.0 Å². The van der Waals surface area contributed by atoms with Crippen molar-refractivity contribution in [2.75, 3.05) is 18.9 Å². The molecule has 1 aromatic rings. The second-order valence-corrected chi connectivity index (χ2v) is 9.13. The van der Waals surface area contributed by atoms with Crippen molar-refractivity contribution in [2.24, 2.45) is 0 Å². The smallest absolute Gasteiger partial charge is 0.407 e. The van der Waals surface area contributed by atoms with Gasteiger partial charge in [0.05, 0.1) is 6.61 Å². The molecule has 2 N–H and O–H groups in total. The third kappa shape index (κ3) is 7.24. The van der Waals surface area contributed by atoms with Crippen LogP contribution in [0.15, 0.2) is 24.3 Å². The first-order chi connectivity index (χ1) is 11.6. The Bertz CT molecular complexity index is 560. The molecule has 1 amide bonds. The lowest BCUT2D eigenvalue weighted by Gasteiger charge is -2.33. The molecule has 0 fully saturated rings. The number of thioether (sulfide) groups is 1. The number of ether oxygens (including phenoxy) is 1. The summed E-state index contributed by atoms with van der Waals surface area (Å²) in [6.07, 6.45) is -0.0264. The lowest BCUT2D eigenvalue weighted by Crippen LogP contribution is -2.46. The number of amides is 1. The Morgan fingerprint density at radius 3 is 2.48 bits per heavy atom. The Balaban J connectivity index is 2.97. The molecule has 6 heteroatoms. The van der Waals surface area contributed by atoms with Crippen LogP contribution in [0, 0.1) is 5.82 Å². The summed E-state index contributed by atoms with van der Waals surface area (Å²) in [6.45, 7) is 9.37. The van der Waals surface area contributed by atoms with Gasteiger partial charge in [-0.05, 0) is 49.8 Å². The number of hydrogen-bond acceptors (Lipinski definition) is 4. The predicted molar refractivity (Wildman–Crippen MR) is 102 cm³/mol. The van der Waals surface area contributed by atoms with Gasteiger partial charge in [0.1, 0.15) is 11.4 Å². The van der Waals surface area contributed by atoms with Crippen molar-refractivity contribution in [3.05, 3.63) is 35.6 Å². The van der Waals surface area contributed by atoms with Crippen LogP contribution in [0.5, 0.6) is 0 Å². The molecule has 142 valence electrons. The molecule has 0 aliphatic rings. The number of carbonyl (C=O) groups excluding carboxylic acids is 1. The molecule has 0 radical (unpaired) electrons. The Kier molecular flexibility index (Phi) is 8.22. The zero-order valence-corrected chi connectivity index (χ0v) is 16.6. The fourth-order valence-corrected chi connectivity index (χ4v) is 3.46. The van der Waals surface area contributed by atoms with E-state index in [9.17, 15) is 14.3 Å². The van der Waals surface area contributed by atoms with Crippen molar-refractivity contribution < 1.29 is 19.0 Å². The molecule has 0 bridgehead atoms. The summed E-state index contributed by atoms with van der Waals surface area (Å²) < 4.78 is 19.6. The standard InChI is InChI=1S/C19H30FNO3S/c1-14(2)25-11-10-19(13-22,15-8-6-7-9-16(15)20)12-21-17(23)24-18(3,4)5/h6-9,14,22H,10-13H2,1-5H3,(H,21,23). The average Bonchev–Trinajstić information content (AvgIpc) is 2.49. The molecule has 0 heterocycles. The quantitative estimate of drug-likeness (QED) is 0.722. The normalized spacial score (nSPS) is 14.2. The van der Waals surface area contributed by atoms with Gasteiger partial charge in [-0.15, -0.1) is 0 Å². The van der Waals surface area contributed by atoms with Crippen molar-refractivity contribution in [1.29, 1.82) is 0 Å². The number of benzene rings is 1. The first-order valence-electron chi connectivity index (χ1n) is 8.54. The van der Waals surface area contributed by atoms with Gasteiger partial charge in [-0.3, -0.25) is 0 Å². The van der Waals surface area contributed by atoms with Gasteiger partial charge in [-0.2, -0.15) is 11.8 Å². The second kappa shape index (κ2) is 9.43. The molecule has 1 unspecified atom stereocenters. The minimum Gasteiger partial charge on any atom is -0.444 e. The van der Waals surface area contributed by atoms with Gasteiger partial charge in [-0.1, -0.05) is 32.0 Å². The third-order valence-corrected chi connectivity index (χ3v) is 4.86. The molecule has 1 aromatic carbocycles. The summed E-state index contributed by atoms with van der Waals surface area (Å²) in [5, 5.41) is 13.2. The largest absolute Gasteiger partial charge is 0.444 e. The van der Waals surface area contributed by atoms with E-state index in [2.05, 4.69) is 19.2 Å². The van der Waals surface area contributed by atoms with Crippen LogP contribution in [-0.2, 0) is 10.2 Å². The van der Waals surface area contributed by atoms with Crippen molar-refractivity contribution >= 4 is 17.9 Å². The van der Waals surface area contributed by atoms with Crippen LogP contribution in [-0.4, -0.2) is 41.0 Å². The highest BCUT2D eigenvalue weighted by Gasteiger charge is 2.35. The van der Waals surface area contributed by atoms with Crippen molar-refractivity contribution in [2.45, 2.75) is 57.3 Å². The number of halogens is 1. The Morgan fingerprint density at radius 2 is 1.96 bits per heavy atom. The minimum atomic E-state index is -0.885. The van der Waals surface area contributed by atoms with Gasteiger partial charge in [0.2, 0.25) is 0 Å². The molecule has 1 rings (SSSR count). The molecule has 0 aliphatic carbocycles. The van der Waals surface area contributed by atoms with Crippen LogP contribution in [0.2, 0.25) is 0 Å². The van der Waals surface area contributed by atoms with Crippen molar-refractivity contribution in [3.8, 4) is 0 Å². The number of aliphatic hydroxyl groups is 1. The van der Waals surface area contributed by atoms with Gasteiger partial charge >= 0.3 is 6.09 Å². The van der Waals surface area contributed by atoms with Crippen LogP contribution in [0.3, 0.4) is 0 Å². The molecule has 0 saturated heterocycles. The van der Waals surface area contributed by atoms with E-state index < -0.39 is 17.1 Å². The zero-order valence-electron chi connectivity index (χ0n) is 15.8. The van der Waals surface area contributed by atoms with Gasteiger partial charge in [0.25, 0.3) is 0 Å². The lowest BCUT2D eigenvalue weighted by molar-refractivity contribution is 0.0501. The van der Waals surface area contributed by atoms with Gasteiger partial charge in [0.15, 0.2) is 0 Å². The summed E-state index contributed by atoms with van der Waals surface area (Å²) >= 11 is 1.74. The second-order valence-electron chi connectivity index (χ2n) is 7.44. The minimum absolute atomic E-state index is 0.109. The molecular formula is C19H30FNO3S. The number of alkyl carbamates (subject to hydrolysis) is 1. The highest BCUT2D eigenvalue weighted by atomic mass is 32.2. The van der Waals surface area contributed by atoms with E-state index in [0.717, 1.165) is 5.75 Å². The van der Waals surface area contributed by atoms with Crippen LogP contribution >= 0.6 is 11.8 Å². The van der Waals surface area contributed by atoms with E-state index in [1.165, 1.54) is 6.07 Å². The SMILES string of the molecule is CC(C)SCCC(CO)(CNC(=O)OC(C)(C)C)c1ccccc1F. The van der Waals surface area contributed by atoms with Crippen molar-refractivity contribution in [3.63, 3.8) is 0 Å². The van der Waals surface area contributed by atoms with E-state index in [4.69, 9.17) is 4.74 Å². The maximum Gasteiger partial charge on any atom is 0.407 e. The first-order valence-corrected chi connectivity index (χ1v) is 9.59. The van der Waals surface area contributed by atoms with E-state index in [1.54, 1.807) is 50.7 Å². The number of nitrogens with one attached hydrogen (secondary N) is 1. The molecule has 1 atom stereocenters. The summed E-state index contributed by atoms with van der Waals surface area (Å²) in [5.41, 5.74) is -1.08. The molecule has 25 heavy (non-hydrogen) atoms. The van der Waals surface area contributed by atoms with Gasteiger partial charge in [0, 0.05) is 12.0 Å². The summed E-state index contributed by atoms with van der Waals surface area (Å²) in [6, 6.07) is 6.40. The number of rotatable bonds is 8. The third-order valence-electron chi connectivity index (χ3n) is 3.75. The van der Waals surface area contributed by atoms with E-state index in [1.807, 2.05) is 0 Å². The topological polar surface area (TPSA) is 58.6 Å². The molecular weight excluding hydrogens is 341 g/mol. The van der Waals surface area contributed by atoms with Crippen LogP contribution in [0.25, 0.3) is 0 Å². The highest BCUT2D eigenvalue weighted by molar-refractivity contribution is 7.99. The van der Waals surface area contributed by atoms with Crippen LogP contribution < -0.4 is 5.32 Å². The molecule has 0 spiro atoms. The molecule has 0 aromatic heterocycles. The monoisotopic (exact) mass is 371 g/mol. The first kappa shape index (κ1) is 21.8. The fourth-order valence-electron chi connectivity index (χ4n) is 2.48. The Labute approximate surface area is 154 Å². The number of carbonyl (C=O) groups is 1. The molecule has 0 aliphatic heterocycles. The van der Waals surface area contributed by atoms with Crippen LogP contribution in [0.1, 0.15) is 46.6 Å². The van der Waals surface area contributed by atoms with Crippen LogP contribution in [0.4, 0.5) is 9.18 Å². The number of aliphatic hydroxyl groups excluding tert-OH is 1. The average molecular weight is 372 g/mol. The number of hydrogen-bond donors (Lipinski definition) is 2. The summed E-state index contributed by atoms with van der Waals surface area (Å²) in [4.78, 5) is 12.0. The Morgan fingerprint density at radius 1 is 1.32 bits per heavy atom. The molecule has 0 saturated carbocycles. The van der Waals surface area contributed by atoms with E-state index in [0.29, 0.717) is 17.2 Å². The fraction of sp³-hybridized carbons (Fsp3) is 0.632. The highest BCUT2D eigenvalue weighted by Crippen LogP contribution is 2.31. The van der Waals surface area contributed by atoms with Gasteiger partial charge < -0.3 is 15.2 Å². The van der Waals surface area contributed by atoms with Crippen molar-refractivity contribution in [1.82, 2.24) is 5.32 Å². The predicted octanol–water partition coefficient (Wildman–Crippen LogP) is 4.11. The maximum absolute atomic E-state index is 14.4. The summed E-state index contributed by atoms with van der Waals surface area (Å²) in [5.74, 6) is 0.375. The van der Waals surface area contributed by atoms with Gasteiger partial charge in [-0.25, -0.2) is 9.18 Å². The maximum atomic E-state index is 14.4.